The van der Waals surface area contributed by atoms with Crippen molar-refractivity contribution in [2.75, 3.05) is 19.6 Å². The summed E-state index contributed by atoms with van der Waals surface area (Å²) in [6.07, 6.45) is 0.750. The number of likely N-dealkylation sites (N-methyl/N-ethyl adjacent to an activating group) is 1. The third-order valence-electron chi connectivity index (χ3n) is 0.571. The van der Waals surface area contributed by atoms with Crippen LogP contribution in [0.2, 0.25) is 0 Å². The topological polar surface area (TPSA) is 58.3 Å². The SMILES string of the molecule is C=CO.CCNCCN. The lowest BCUT2D eigenvalue weighted by molar-refractivity contribution is 0.476. The average molecular weight is 132 g/mol. The molecule has 56 valence electrons. The maximum absolute atomic E-state index is 7.33. The van der Waals surface area contributed by atoms with E-state index in [4.69, 9.17) is 10.8 Å². The molecule has 0 aliphatic rings. The Morgan fingerprint density at radius 2 is 2.22 bits per heavy atom. The fourth-order valence-corrected chi connectivity index (χ4v) is 0.279. The van der Waals surface area contributed by atoms with Crippen molar-refractivity contribution >= 4 is 0 Å². The summed E-state index contributed by atoms with van der Waals surface area (Å²) in [4.78, 5) is 0. The highest BCUT2D eigenvalue weighted by Crippen LogP contribution is 1.48. The molecule has 3 heteroatoms. The lowest BCUT2D eigenvalue weighted by Crippen LogP contribution is -2.21. The molecule has 0 heterocycles. The molecule has 0 aliphatic heterocycles. The van der Waals surface area contributed by atoms with E-state index in [2.05, 4.69) is 18.8 Å². The van der Waals surface area contributed by atoms with Crippen molar-refractivity contribution in [2.24, 2.45) is 5.73 Å². The normalized spacial score (nSPS) is 7.33. The van der Waals surface area contributed by atoms with E-state index in [0.29, 0.717) is 0 Å². The van der Waals surface area contributed by atoms with Crippen molar-refractivity contribution in [3.8, 4) is 0 Å². The van der Waals surface area contributed by atoms with Gasteiger partial charge in [-0.25, -0.2) is 0 Å². The third-order valence-corrected chi connectivity index (χ3v) is 0.571. The number of hydrogen-bond donors (Lipinski definition) is 3. The Bertz CT molecular complexity index is 44.3. The molecular weight excluding hydrogens is 116 g/mol. The molecule has 0 aromatic heterocycles. The van der Waals surface area contributed by atoms with Crippen LogP contribution in [0.5, 0.6) is 0 Å². The van der Waals surface area contributed by atoms with Gasteiger partial charge >= 0.3 is 0 Å². The second-order valence-corrected chi connectivity index (χ2v) is 1.32. The van der Waals surface area contributed by atoms with Crippen molar-refractivity contribution in [3.63, 3.8) is 0 Å². The predicted octanol–water partition coefficient (Wildman–Crippen LogP) is 0.243. The molecule has 0 saturated carbocycles. The van der Waals surface area contributed by atoms with E-state index >= 15 is 0 Å². The lowest BCUT2D eigenvalue weighted by Gasteiger charge is -1.92. The van der Waals surface area contributed by atoms with Crippen LogP contribution in [0.3, 0.4) is 0 Å². The fourth-order valence-electron chi connectivity index (χ4n) is 0.279. The number of nitrogens with one attached hydrogen (secondary N) is 1. The van der Waals surface area contributed by atoms with Crippen molar-refractivity contribution < 1.29 is 5.11 Å². The highest BCUT2D eigenvalue weighted by Gasteiger charge is 1.71. The van der Waals surface area contributed by atoms with Gasteiger partial charge in [0, 0.05) is 13.1 Å². The first kappa shape index (κ1) is 11.3. The zero-order valence-electron chi connectivity index (χ0n) is 5.93. The van der Waals surface area contributed by atoms with Crippen LogP contribution in [0.4, 0.5) is 0 Å². The first-order valence-electron chi connectivity index (χ1n) is 2.99. The quantitative estimate of drug-likeness (QED) is 0.381. The molecule has 0 aliphatic carbocycles. The Morgan fingerprint density at radius 3 is 2.33 bits per heavy atom. The van der Waals surface area contributed by atoms with Crippen LogP contribution in [0.15, 0.2) is 12.8 Å². The number of rotatable bonds is 3. The molecule has 0 rings (SSSR count). The second kappa shape index (κ2) is 15.7. The van der Waals surface area contributed by atoms with E-state index in [9.17, 15) is 0 Å². The molecule has 0 unspecified atom stereocenters. The number of nitrogens with two attached hydrogens (primary N) is 1. The lowest BCUT2D eigenvalue weighted by atomic mass is 10.6. The van der Waals surface area contributed by atoms with Crippen molar-refractivity contribution in [1.82, 2.24) is 5.32 Å². The summed E-state index contributed by atoms with van der Waals surface area (Å²) in [5.41, 5.74) is 5.15. The van der Waals surface area contributed by atoms with E-state index in [1.165, 1.54) is 0 Å². The maximum Gasteiger partial charge on any atom is 0.0719 e. The van der Waals surface area contributed by atoms with Crippen LogP contribution in [-0.4, -0.2) is 24.7 Å². The number of aliphatic hydroxyl groups excluding tert-OH is 1. The Labute approximate surface area is 56.6 Å². The molecule has 3 nitrogen and oxygen atoms in total. The molecule has 0 fully saturated rings. The summed E-state index contributed by atoms with van der Waals surface area (Å²) in [5.74, 6) is 0. The summed E-state index contributed by atoms with van der Waals surface area (Å²) in [6, 6.07) is 0. The Kier molecular flexibility index (Phi) is 19.6. The van der Waals surface area contributed by atoms with Crippen LogP contribution >= 0.6 is 0 Å². The summed E-state index contributed by atoms with van der Waals surface area (Å²) >= 11 is 0. The van der Waals surface area contributed by atoms with Gasteiger partial charge in [0.25, 0.3) is 0 Å². The fraction of sp³-hybridized carbons (Fsp3) is 0.667. The molecule has 0 aromatic carbocycles. The van der Waals surface area contributed by atoms with Gasteiger partial charge < -0.3 is 16.2 Å². The number of hydrogen-bond acceptors (Lipinski definition) is 3. The average Bonchev–Trinajstić information content (AvgIpc) is 1.86. The largest absolute Gasteiger partial charge is 0.516 e. The minimum Gasteiger partial charge on any atom is -0.516 e. The molecule has 0 radical (unpaired) electrons. The van der Waals surface area contributed by atoms with Gasteiger partial charge in [-0.2, -0.15) is 0 Å². The highest BCUT2D eigenvalue weighted by atomic mass is 16.2. The van der Waals surface area contributed by atoms with Gasteiger partial charge in [-0.05, 0) is 6.54 Å². The van der Waals surface area contributed by atoms with Gasteiger partial charge in [0.15, 0.2) is 0 Å². The second-order valence-electron chi connectivity index (χ2n) is 1.32. The van der Waals surface area contributed by atoms with Gasteiger partial charge in [0.2, 0.25) is 0 Å². The zero-order valence-corrected chi connectivity index (χ0v) is 5.93. The van der Waals surface area contributed by atoms with Crippen molar-refractivity contribution in [3.05, 3.63) is 12.8 Å². The van der Waals surface area contributed by atoms with Gasteiger partial charge in [-0.3, -0.25) is 0 Å². The Morgan fingerprint density at radius 1 is 1.78 bits per heavy atom. The van der Waals surface area contributed by atoms with Gasteiger partial charge in [-0.15, -0.1) is 0 Å². The molecule has 0 spiro atoms. The Balaban J connectivity index is 0. The molecule has 0 aromatic rings. The molecule has 0 atom stereocenters. The molecule has 0 amide bonds. The summed E-state index contributed by atoms with van der Waals surface area (Å²) in [7, 11) is 0. The molecule has 0 saturated heterocycles. The summed E-state index contributed by atoms with van der Waals surface area (Å²) in [6.45, 7) is 7.69. The standard InChI is InChI=1S/C4H12N2.C2H4O/c1-2-6-4-3-5;1-2-3/h6H,2-5H2,1H3;2-3H,1H2. The molecule has 0 bridgehead atoms. The van der Waals surface area contributed by atoms with Crippen LogP contribution in [-0.2, 0) is 0 Å². The smallest absolute Gasteiger partial charge is 0.0719 e. The maximum atomic E-state index is 7.33. The minimum absolute atomic E-state index is 0.744. The summed E-state index contributed by atoms with van der Waals surface area (Å²) < 4.78 is 0. The highest BCUT2D eigenvalue weighted by molar-refractivity contribution is 4.39. The van der Waals surface area contributed by atoms with Crippen LogP contribution < -0.4 is 11.1 Å². The van der Waals surface area contributed by atoms with Gasteiger partial charge in [0.05, 0.1) is 6.26 Å². The first-order valence-corrected chi connectivity index (χ1v) is 2.99. The summed E-state index contributed by atoms with van der Waals surface area (Å²) in [5, 5.41) is 10.4. The third kappa shape index (κ3) is 36.7. The van der Waals surface area contributed by atoms with Crippen LogP contribution in [0.1, 0.15) is 6.92 Å². The molecule has 9 heavy (non-hydrogen) atoms. The minimum atomic E-state index is 0.744. The monoisotopic (exact) mass is 132 g/mol. The molecule has 4 N–H and O–H groups in total. The van der Waals surface area contributed by atoms with Crippen LogP contribution in [0, 0.1) is 0 Å². The van der Waals surface area contributed by atoms with E-state index in [1.807, 2.05) is 0 Å². The van der Waals surface area contributed by atoms with Crippen LogP contribution in [0.25, 0.3) is 0 Å². The predicted molar refractivity (Wildman–Crippen MR) is 40.4 cm³/mol. The van der Waals surface area contributed by atoms with Gasteiger partial charge in [0.1, 0.15) is 0 Å². The van der Waals surface area contributed by atoms with Crippen molar-refractivity contribution in [1.29, 1.82) is 0 Å². The van der Waals surface area contributed by atoms with E-state index in [1.54, 1.807) is 0 Å². The first-order chi connectivity index (χ1) is 4.33. The van der Waals surface area contributed by atoms with E-state index in [0.717, 1.165) is 25.9 Å². The van der Waals surface area contributed by atoms with Gasteiger partial charge in [-0.1, -0.05) is 13.5 Å². The van der Waals surface area contributed by atoms with E-state index in [-0.39, 0.29) is 0 Å². The number of aliphatic hydroxyl groups is 1. The van der Waals surface area contributed by atoms with Crippen molar-refractivity contribution in [2.45, 2.75) is 6.92 Å². The van der Waals surface area contributed by atoms with E-state index < -0.39 is 0 Å². The molecular formula is C6H16N2O. The zero-order chi connectivity index (χ0) is 7.54. The Hall–Kier alpha value is -0.540.